The molecule has 1 fully saturated rings. The van der Waals surface area contributed by atoms with Crippen LogP contribution in [0.15, 0.2) is 24.3 Å². The molecule has 6 nitrogen and oxygen atoms in total. The van der Waals surface area contributed by atoms with Gasteiger partial charge in [0.15, 0.2) is 0 Å². The van der Waals surface area contributed by atoms with Crippen LogP contribution in [-0.2, 0) is 6.54 Å². The molecule has 0 saturated carbocycles. The number of nitrogen functional groups attached to an aromatic ring is 2. The number of hydrogen-bond donors (Lipinski definition) is 2. The van der Waals surface area contributed by atoms with Crippen LogP contribution in [0.1, 0.15) is 30.4 Å². The van der Waals surface area contributed by atoms with Gasteiger partial charge >= 0.3 is 0 Å². The van der Waals surface area contributed by atoms with E-state index in [9.17, 15) is 5.26 Å². The van der Waals surface area contributed by atoms with Gasteiger partial charge in [-0.3, -0.25) is 4.90 Å². The Bertz CT molecular complexity index is 743. The third-order valence-corrected chi connectivity index (χ3v) is 4.18. The number of hydrogen-bond acceptors (Lipinski definition) is 6. The Kier molecular flexibility index (Phi) is 4.40. The van der Waals surface area contributed by atoms with E-state index < -0.39 is 0 Å². The smallest absolute Gasteiger partial charge is 0.222 e. The summed E-state index contributed by atoms with van der Waals surface area (Å²) in [6.07, 6.45) is 3.77. The second-order valence-corrected chi connectivity index (χ2v) is 5.80. The van der Waals surface area contributed by atoms with Crippen LogP contribution in [0.25, 0.3) is 11.3 Å². The molecule has 2 aromatic rings. The predicted octanol–water partition coefficient (Wildman–Crippen LogP) is 2.17. The zero-order valence-corrected chi connectivity index (χ0v) is 13.0. The van der Waals surface area contributed by atoms with E-state index in [-0.39, 0.29) is 17.3 Å². The molecule has 2 heterocycles. The standard InChI is InChI=1S/C17H20N6/c18-10-14-15(21-17(20)22-16(14)19)13-7-3-2-6-12(13)11-23-8-4-1-5-9-23/h2-3,6-7H,1,4-5,8-9,11H2,(H4,19,20,21,22). The molecular weight excluding hydrogens is 288 g/mol. The molecule has 118 valence electrons. The van der Waals surface area contributed by atoms with Crippen molar-refractivity contribution in [3.63, 3.8) is 0 Å². The van der Waals surface area contributed by atoms with Gasteiger partial charge in [0.1, 0.15) is 17.5 Å². The van der Waals surface area contributed by atoms with Gasteiger partial charge in [-0.15, -0.1) is 0 Å². The number of piperidine rings is 1. The maximum Gasteiger partial charge on any atom is 0.222 e. The van der Waals surface area contributed by atoms with Crippen molar-refractivity contribution in [2.75, 3.05) is 24.6 Å². The highest BCUT2D eigenvalue weighted by Gasteiger charge is 2.18. The first-order valence-corrected chi connectivity index (χ1v) is 7.82. The van der Waals surface area contributed by atoms with Gasteiger partial charge in [0, 0.05) is 12.1 Å². The van der Waals surface area contributed by atoms with Crippen molar-refractivity contribution in [1.29, 1.82) is 5.26 Å². The Morgan fingerprint density at radius 1 is 1.09 bits per heavy atom. The van der Waals surface area contributed by atoms with Gasteiger partial charge in [-0.2, -0.15) is 10.2 Å². The molecular formula is C17H20N6. The number of nitriles is 1. The van der Waals surface area contributed by atoms with Crippen LogP contribution in [0.3, 0.4) is 0 Å². The Morgan fingerprint density at radius 3 is 2.57 bits per heavy atom. The number of nitrogens with two attached hydrogens (primary N) is 2. The van der Waals surface area contributed by atoms with E-state index >= 15 is 0 Å². The Hall–Kier alpha value is -2.65. The zero-order chi connectivity index (χ0) is 16.2. The number of rotatable bonds is 3. The lowest BCUT2D eigenvalue weighted by molar-refractivity contribution is 0.221. The van der Waals surface area contributed by atoms with Crippen LogP contribution in [0, 0.1) is 11.3 Å². The molecule has 0 atom stereocenters. The Balaban J connectivity index is 2.02. The monoisotopic (exact) mass is 308 g/mol. The van der Waals surface area contributed by atoms with Crippen molar-refractivity contribution in [2.24, 2.45) is 0 Å². The van der Waals surface area contributed by atoms with Gasteiger partial charge < -0.3 is 11.5 Å². The highest BCUT2D eigenvalue weighted by molar-refractivity contribution is 5.75. The molecule has 0 spiro atoms. The average molecular weight is 308 g/mol. The summed E-state index contributed by atoms with van der Waals surface area (Å²) in [5.41, 5.74) is 14.4. The lowest BCUT2D eigenvalue weighted by Gasteiger charge is -2.27. The molecule has 0 amide bonds. The molecule has 23 heavy (non-hydrogen) atoms. The molecule has 1 aliphatic heterocycles. The summed E-state index contributed by atoms with van der Waals surface area (Å²) in [5, 5.41) is 9.40. The molecule has 3 rings (SSSR count). The molecule has 0 unspecified atom stereocenters. The number of anilines is 2. The molecule has 0 aliphatic carbocycles. The van der Waals surface area contributed by atoms with Crippen molar-refractivity contribution in [3.05, 3.63) is 35.4 Å². The first kappa shape index (κ1) is 15.3. The number of nitrogens with zero attached hydrogens (tertiary/aromatic N) is 4. The summed E-state index contributed by atoms with van der Waals surface area (Å²) in [7, 11) is 0. The van der Waals surface area contributed by atoms with E-state index in [0.717, 1.165) is 30.8 Å². The number of benzene rings is 1. The third-order valence-electron chi connectivity index (χ3n) is 4.18. The second kappa shape index (κ2) is 6.63. The van der Waals surface area contributed by atoms with Gasteiger partial charge in [-0.05, 0) is 31.5 Å². The van der Waals surface area contributed by atoms with Gasteiger partial charge in [0.2, 0.25) is 5.95 Å². The van der Waals surface area contributed by atoms with Crippen molar-refractivity contribution in [1.82, 2.24) is 14.9 Å². The van der Waals surface area contributed by atoms with Gasteiger partial charge in [-0.25, -0.2) is 4.98 Å². The zero-order valence-electron chi connectivity index (χ0n) is 13.0. The van der Waals surface area contributed by atoms with Gasteiger partial charge in [-0.1, -0.05) is 30.7 Å². The van der Waals surface area contributed by atoms with Crippen LogP contribution in [0.5, 0.6) is 0 Å². The highest BCUT2D eigenvalue weighted by atomic mass is 15.1. The summed E-state index contributed by atoms with van der Waals surface area (Å²) < 4.78 is 0. The molecule has 1 saturated heterocycles. The summed E-state index contributed by atoms with van der Waals surface area (Å²) in [4.78, 5) is 10.6. The second-order valence-electron chi connectivity index (χ2n) is 5.80. The van der Waals surface area contributed by atoms with Crippen molar-refractivity contribution in [3.8, 4) is 17.3 Å². The molecule has 1 aromatic heterocycles. The maximum absolute atomic E-state index is 9.40. The molecule has 1 aromatic carbocycles. The SMILES string of the molecule is N#Cc1c(N)nc(N)nc1-c1ccccc1CN1CCCCC1. The third kappa shape index (κ3) is 3.25. The first-order valence-electron chi connectivity index (χ1n) is 7.82. The van der Waals surface area contributed by atoms with Crippen molar-refractivity contribution >= 4 is 11.8 Å². The van der Waals surface area contributed by atoms with E-state index in [0.29, 0.717) is 5.69 Å². The van der Waals surface area contributed by atoms with E-state index in [4.69, 9.17) is 11.5 Å². The summed E-state index contributed by atoms with van der Waals surface area (Å²) in [6.45, 7) is 3.05. The summed E-state index contributed by atoms with van der Waals surface area (Å²) in [5.74, 6) is 0.215. The Labute approximate surface area is 135 Å². The lowest BCUT2D eigenvalue weighted by atomic mass is 9.99. The molecule has 0 radical (unpaired) electrons. The van der Waals surface area contributed by atoms with E-state index in [1.54, 1.807) is 0 Å². The summed E-state index contributed by atoms with van der Waals surface area (Å²) >= 11 is 0. The van der Waals surface area contributed by atoms with Crippen LogP contribution >= 0.6 is 0 Å². The normalized spacial score (nSPS) is 15.3. The van der Waals surface area contributed by atoms with Gasteiger partial charge in [0.25, 0.3) is 0 Å². The minimum Gasteiger partial charge on any atom is -0.382 e. The quantitative estimate of drug-likeness (QED) is 0.900. The minimum atomic E-state index is 0.0873. The van der Waals surface area contributed by atoms with Crippen LogP contribution < -0.4 is 11.5 Å². The van der Waals surface area contributed by atoms with Crippen molar-refractivity contribution < 1.29 is 0 Å². The summed E-state index contributed by atoms with van der Waals surface area (Å²) in [6, 6.07) is 10.1. The van der Waals surface area contributed by atoms with E-state index in [1.807, 2.05) is 18.2 Å². The van der Waals surface area contributed by atoms with E-state index in [1.165, 1.54) is 19.3 Å². The lowest BCUT2D eigenvalue weighted by Crippen LogP contribution is -2.29. The molecule has 6 heteroatoms. The minimum absolute atomic E-state index is 0.0873. The van der Waals surface area contributed by atoms with Gasteiger partial charge in [0.05, 0.1) is 5.69 Å². The van der Waals surface area contributed by atoms with E-state index in [2.05, 4.69) is 27.0 Å². The van der Waals surface area contributed by atoms with Crippen LogP contribution in [0.2, 0.25) is 0 Å². The fourth-order valence-electron chi connectivity index (χ4n) is 3.05. The van der Waals surface area contributed by atoms with Crippen LogP contribution in [0.4, 0.5) is 11.8 Å². The molecule has 0 bridgehead atoms. The van der Waals surface area contributed by atoms with Crippen molar-refractivity contribution in [2.45, 2.75) is 25.8 Å². The largest absolute Gasteiger partial charge is 0.382 e. The maximum atomic E-state index is 9.40. The fourth-order valence-corrected chi connectivity index (χ4v) is 3.05. The number of likely N-dealkylation sites (tertiary alicyclic amines) is 1. The molecule has 1 aliphatic rings. The Morgan fingerprint density at radius 2 is 1.83 bits per heavy atom. The number of aromatic nitrogens is 2. The average Bonchev–Trinajstić information content (AvgIpc) is 2.56. The first-order chi connectivity index (χ1) is 11.2. The predicted molar refractivity (Wildman–Crippen MR) is 90.1 cm³/mol. The molecule has 4 N–H and O–H groups in total. The fraction of sp³-hybridized carbons (Fsp3) is 0.353. The van der Waals surface area contributed by atoms with Crippen LogP contribution in [-0.4, -0.2) is 28.0 Å². The highest BCUT2D eigenvalue weighted by Crippen LogP contribution is 2.29. The topological polar surface area (TPSA) is 105 Å².